The maximum Gasteiger partial charge on any atom is 0.307 e. The zero-order chi connectivity index (χ0) is 15.4. The molecule has 0 heterocycles. The van der Waals surface area contributed by atoms with Crippen molar-refractivity contribution in [3.63, 3.8) is 0 Å². The highest BCUT2D eigenvalue weighted by Gasteiger charge is 2.02. The lowest BCUT2D eigenvalue weighted by Gasteiger charge is -2.05. The molecule has 0 aliphatic rings. The molecular formula is C19H16O2S. The standard InChI is InChI=1S/C19H16O2S/c20-19(21)11-14-5-7-15(8-6-14)13-22-18-10-9-16-3-1-2-4-17(16)12-18/h1-10,12H,11,13H2,(H,20,21). The van der Waals surface area contributed by atoms with Gasteiger partial charge in [0, 0.05) is 10.6 Å². The molecular weight excluding hydrogens is 292 g/mol. The maximum absolute atomic E-state index is 10.7. The predicted octanol–water partition coefficient (Wildman–Crippen LogP) is 4.76. The molecule has 0 fully saturated rings. The number of carboxylic acid groups (broad SMARTS) is 1. The van der Waals surface area contributed by atoms with Gasteiger partial charge < -0.3 is 5.11 Å². The Morgan fingerprint density at radius 2 is 1.55 bits per heavy atom. The smallest absolute Gasteiger partial charge is 0.307 e. The zero-order valence-electron chi connectivity index (χ0n) is 12.0. The summed E-state index contributed by atoms with van der Waals surface area (Å²) in [7, 11) is 0. The van der Waals surface area contributed by atoms with E-state index in [1.54, 1.807) is 11.8 Å². The third kappa shape index (κ3) is 3.68. The number of fused-ring (bicyclic) bond motifs is 1. The van der Waals surface area contributed by atoms with Gasteiger partial charge in [0.2, 0.25) is 0 Å². The molecule has 0 saturated heterocycles. The molecule has 1 N–H and O–H groups in total. The van der Waals surface area contributed by atoms with Crippen molar-refractivity contribution in [3.05, 3.63) is 77.9 Å². The third-order valence-electron chi connectivity index (χ3n) is 3.50. The van der Waals surface area contributed by atoms with Crippen molar-refractivity contribution in [2.75, 3.05) is 0 Å². The Bertz CT molecular complexity index is 794. The molecule has 3 aromatic rings. The molecule has 3 aromatic carbocycles. The second-order valence-electron chi connectivity index (χ2n) is 5.18. The lowest BCUT2D eigenvalue weighted by atomic mass is 10.1. The molecule has 0 radical (unpaired) electrons. The van der Waals surface area contributed by atoms with Gasteiger partial charge >= 0.3 is 5.97 Å². The molecule has 2 nitrogen and oxygen atoms in total. The summed E-state index contributed by atoms with van der Waals surface area (Å²) >= 11 is 1.79. The minimum absolute atomic E-state index is 0.0814. The number of hydrogen-bond donors (Lipinski definition) is 1. The van der Waals surface area contributed by atoms with Crippen molar-refractivity contribution in [1.29, 1.82) is 0 Å². The number of carbonyl (C=O) groups is 1. The molecule has 22 heavy (non-hydrogen) atoms. The van der Waals surface area contributed by atoms with Gasteiger partial charge in [-0.25, -0.2) is 0 Å². The SMILES string of the molecule is O=C(O)Cc1ccc(CSc2ccc3ccccc3c2)cc1. The van der Waals surface area contributed by atoms with E-state index >= 15 is 0 Å². The first-order valence-corrected chi connectivity index (χ1v) is 8.10. The van der Waals surface area contributed by atoms with E-state index in [9.17, 15) is 4.79 Å². The highest BCUT2D eigenvalue weighted by atomic mass is 32.2. The summed E-state index contributed by atoms with van der Waals surface area (Å²) < 4.78 is 0. The van der Waals surface area contributed by atoms with E-state index in [-0.39, 0.29) is 6.42 Å². The molecule has 0 amide bonds. The Morgan fingerprint density at radius 1 is 0.864 bits per heavy atom. The largest absolute Gasteiger partial charge is 0.481 e. The van der Waals surface area contributed by atoms with Gasteiger partial charge in [0.25, 0.3) is 0 Å². The van der Waals surface area contributed by atoms with Crippen LogP contribution in [0.25, 0.3) is 10.8 Å². The van der Waals surface area contributed by atoms with Crippen molar-refractivity contribution in [1.82, 2.24) is 0 Å². The van der Waals surface area contributed by atoms with Crippen LogP contribution in [0.15, 0.2) is 71.6 Å². The summed E-state index contributed by atoms with van der Waals surface area (Å²) in [6, 6.07) is 22.6. The van der Waals surface area contributed by atoms with E-state index in [2.05, 4.69) is 36.4 Å². The highest BCUT2D eigenvalue weighted by Crippen LogP contribution is 2.26. The monoisotopic (exact) mass is 308 g/mol. The number of thioether (sulfide) groups is 1. The highest BCUT2D eigenvalue weighted by molar-refractivity contribution is 7.98. The third-order valence-corrected chi connectivity index (χ3v) is 4.57. The van der Waals surface area contributed by atoms with Crippen LogP contribution in [0.4, 0.5) is 0 Å². The van der Waals surface area contributed by atoms with Crippen LogP contribution in [-0.4, -0.2) is 11.1 Å². The zero-order valence-corrected chi connectivity index (χ0v) is 12.8. The molecule has 0 aliphatic heterocycles. The molecule has 0 spiro atoms. The van der Waals surface area contributed by atoms with Crippen LogP contribution < -0.4 is 0 Å². The quantitative estimate of drug-likeness (QED) is 0.691. The molecule has 110 valence electrons. The van der Waals surface area contributed by atoms with E-state index in [4.69, 9.17) is 5.11 Å². The Morgan fingerprint density at radius 3 is 2.27 bits per heavy atom. The molecule has 0 aliphatic carbocycles. The van der Waals surface area contributed by atoms with Gasteiger partial charge in [-0.05, 0) is 34.0 Å². The summed E-state index contributed by atoms with van der Waals surface area (Å²) in [5.41, 5.74) is 2.04. The van der Waals surface area contributed by atoms with Crippen molar-refractivity contribution < 1.29 is 9.90 Å². The fourth-order valence-electron chi connectivity index (χ4n) is 2.35. The lowest BCUT2D eigenvalue weighted by Crippen LogP contribution is -1.99. The van der Waals surface area contributed by atoms with Crippen molar-refractivity contribution >= 4 is 28.5 Å². The van der Waals surface area contributed by atoms with Gasteiger partial charge in [-0.2, -0.15) is 0 Å². The van der Waals surface area contributed by atoms with E-state index in [0.717, 1.165) is 11.3 Å². The van der Waals surface area contributed by atoms with Crippen LogP contribution in [0.5, 0.6) is 0 Å². The van der Waals surface area contributed by atoms with Crippen LogP contribution >= 0.6 is 11.8 Å². The second kappa shape index (κ2) is 6.67. The summed E-state index contributed by atoms with van der Waals surface area (Å²) in [5.74, 6) is 0.0874. The Hall–Kier alpha value is -2.26. The van der Waals surface area contributed by atoms with Crippen LogP contribution in [-0.2, 0) is 17.0 Å². The van der Waals surface area contributed by atoms with Gasteiger partial charge in [0.15, 0.2) is 0 Å². The minimum atomic E-state index is -0.793. The Labute approximate surface area is 133 Å². The Balaban J connectivity index is 1.67. The molecule has 0 aromatic heterocycles. The van der Waals surface area contributed by atoms with Gasteiger partial charge in [-0.1, -0.05) is 54.6 Å². The van der Waals surface area contributed by atoms with E-state index < -0.39 is 5.97 Å². The van der Waals surface area contributed by atoms with E-state index in [0.29, 0.717) is 0 Å². The number of hydrogen-bond acceptors (Lipinski definition) is 2. The molecule has 0 unspecified atom stereocenters. The lowest BCUT2D eigenvalue weighted by molar-refractivity contribution is -0.136. The first-order valence-electron chi connectivity index (χ1n) is 7.12. The van der Waals surface area contributed by atoms with Gasteiger partial charge in [0.1, 0.15) is 0 Å². The van der Waals surface area contributed by atoms with Gasteiger partial charge in [-0.3, -0.25) is 4.79 Å². The summed E-state index contributed by atoms with van der Waals surface area (Å²) in [6.07, 6.45) is 0.0814. The molecule has 3 heteroatoms. The topological polar surface area (TPSA) is 37.3 Å². The summed E-state index contributed by atoms with van der Waals surface area (Å²) in [4.78, 5) is 11.9. The van der Waals surface area contributed by atoms with Crippen LogP contribution in [0.3, 0.4) is 0 Å². The van der Waals surface area contributed by atoms with Crippen LogP contribution in [0, 0.1) is 0 Å². The predicted molar refractivity (Wildman–Crippen MR) is 91.3 cm³/mol. The van der Waals surface area contributed by atoms with Crippen molar-refractivity contribution in [2.45, 2.75) is 17.1 Å². The molecule has 0 saturated carbocycles. The fourth-order valence-corrected chi connectivity index (χ4v) is 3.25. The normalized spacial score (nSPS) is 10.7. The van der Waals surface area contributed by atoms with Gasteiger partial charge in [0.05, 0.1) is 6.42 Å². The van der Waals surface area contributed by atoms with Crippen molar-refractivity contribution in [3.8, 4) is 0 Å². The van der Waals surface area contributed by atoms with E-state index in [1.807, 2.05) is 30.3 Å². The fraction of sp³-hybridized carbons (Fsp3) is 0.105. The van der Waals surface area contributed by atoms with Crippen LogP contribution in [0.1, 0.15) is 11.1 Å². The maximum atomic E-state index is 10.7. The van der Waals surface area contributed by atoms with E-state index in [1.165, 1.54) is 21.2 Å². The average Bonchev–Trinajstić information content (AvgIpc) is 2.53. The summed E-state index contributed by atoms with van der Waals surface area (Å²) in [5, 5.41) is 11.3. The second-order valence-corrected chi connectivity index (χ2v) is 6.23. The van der Waals surface area contributed by atoms with Gasteiger partial charge in [-0.15, -0.1) is 11.8 Å². The average molecular weight is 308 g/mol. The Kier molecular flexibility index (Phi) is 4.45. The first-order chi connectivity index (χ1) is 10.7. The number of rotatable bonds is 5. The number of aliphatic carboxylic acids is 1. The minimum Gasteiger partial charge on any atom is -0.481 e. The molecule has 0 bridgehead atoms. The van der Waals surface area contributed by atoms with Crippen molar-refractivity contribution in [2.24, 2.45) is 0 Å². The first kappa shape index (κ1) is 14.7. The molecule has 0 atom stereocenters. The molecule has 3 rings (SSSR count). The summed E-state index contributed by atoms with van der Waals surface area (Å²) in [6.45, 7) is 0. The number of carboxylic acids is 1. The number of benzene rings is 3. The van der Waals surface area contributed by atoms with Crippen LogP contribution in [0.2, 0.25) is 0 Å².